The van der Waals surface area contributed by atoms with Crippen LogP contribution >= 0.6 is 0 Å². The highest BCUT2D eigenvalue weighted by Crippen LogP contribution is 2.19. The lowest BCUT2D eigenvalue weighted by atomic mass is 10.1. The van der Waals surface area contributed by atoms with Gasteiger partial charge in [-0.1, -0.05) is 29.8 Å². The summed E-state index contributed by atoms with van der Waals surface area (Å²) in [5, 5.41) is 4.23. The van der Waals surface area contributed by atoms with Crippen molar-refractivity contribution in [1.29, 1.82) is 0 Å². The van der Waals surface area contributed by atoms with Gasteiger partial charge < -0.3 is 10.6 Å². The molecular formula is C16H13F3N2O2. The first-order chi connectivity index (χ1) is 10.9. The van der Waals surface area contributed by atoms with Gasteiger partial charge in [0.1, 0.15) is 0 Å². The van der Waals surface area contributed by atoms with Crippen molar-refractivity contribution in [3.63, 3.8) is 0 Å². The highest BCUT2D eigenvalue weighted by Gasteiger charge is 2.19. The fraction of sp³-hybridized carbons (Fsp3) is 0.125. The number of carbonyl (C=O) groups excluding carboxylic acids is 2. The van der Waals surface area contributed by atoms with Crippen molar-refractivity contribution in [3.8, 4) is 0 Å². The van der Waals surface area contributed by atoms with Crippen LogP contribution in [0.5, 0.6) is 0 Å². The van der Waals surface area contributed by atoms with Gasteiger partial charge in [0.05, 0.1) is 5.69 Å². The Balaban J connectivity index is 1.96. The molecule has 2 aromatic rings. The molecule has 0 bridgehead atoms. The van der Waals surface area contributed by atoms with E-state index in [2.05, 4.69) is 5.32 Å². The summed E-state index contributed by atoms with van der Waals surface area (Å²) < 4.78 is 39.2. The van der Waals surface area contributed by atoms with Crippen LogP contribution in [0.2, 0.25) is 0 Å². The minimum absolute atomic E-state index is 0.104. The standard InChI is InChI=1S/C16H13F3N2O2/c1-9-2-4-10(5-3-9)8-20-15(22)16(23)21-12-7-6-11(17)13(18)14(12)19/h2-7H,8H2,1H3,(H,20,22)(H,21,23). The molecule has 0 aliphatic heterocycles. The normalized spacial score (nSPS) is 10.3. The molecule has 0 fully saturated rings. The second-order valence-corrected chi connectivity index (χ2v) is 4.85. The average molecular weight is 322 g/mol. The van der Waals surface area contributed by atoms with Crippen LogP contribution in [0.15, 0.2) is 36.4 Å². The van der Waals surface area contributed by atoms with Crippen LogP contribution in [0.1, 0.15) is 11.1 Å². The molecule has 2 N–H and O–H groups in total. The molecule has 2 rings (SSSR count). The van der Waals surface area contributed by atoms with E-state index in [1.54, 1.807) is 12.1 Å². The fourth-order valence-corrected chi connectivity index (χ4v) is 1.77. The molecule has 0 aromatic heterocycles. The zero-order valence-corrected chi connectivity index (χ0v) is 12.1. The highest BCUT2D eigenvalue weighted by molar-refractivity contribution is 6.39. The van der Waals surface area contributed by atoms with E-state index in [9.17, 15) is 22.8 Å². The lowest BCUT2D eigenvalue weighted by Gasteiger charge is -2.08. The van der Waals surface area contributed by atoms with Crippen molar-refractivity contribution in [2.24, 2.45) is 0 Å². The number of anilines is 1. The first-order valence-corrected chi connectivity index (χ1v) is 6.66. The number of carbonyl (C=O) groups is 2. The summed E-state index contributed by atoms with van der Waals surface area (Å²) in [6.07, 6.45) is 0. The molecule has 0 aliphatic rings. The van der Waals surface area contributed by atoms with E-state index in [0.717, 1.165) is 17.2 Å². The second-order valence-electron chi connectivity index (χ2n) is 4.85. The number of amides is 2. The van der Waals surface area contributed by atoms with Crippen LogP contribution in [0.25, 0.3) is 0 Å². The molecule has 0 aliphatic carbocycles. The Hall–Kier alpha value is -2.83. The molecule has 2 aromatic carbocycles. The van der Waals surface area contributed by atoms with Crippen molar-refractivity contribution >= 4 is 17.5 Å². The molecule has 0 spiro atoms. The summed E-state index contributed by atoms with van der Waals surface area (Å²) in [7, 11) is 0. The summed E-state index contributed by atoms with van der Waals surface area (Å²) in [6.45, 7) is 2.01. The highest BCUT2D eigenvalue weighted by atomic mass is 19.2. The van der Waals surface area contributed by atoms with E-state index >= 15 is 0 Å². The Morgan fingerprint density at radius 3 is 2.22 bits per heavy atom. The molecule has 23 heavy (non-hydrogen) atoms. The van der Waals surface area contributed by atoms with E-state index in [1.807, 2.05) is 24.4 Å². The Labute approximate surface area is 130 Å². The molecule has 0 heterocycles. The van der Waals surface area contributed by atoms with Gasteiger partial charge in [0.15, 0.2) is 17.5 Å². The number of aryl methyl sites for hydroxylation is 1. The van der Waals surface area contributed by atoms with E-state index < -0.39 is 35.0 Å². The summed E-state index contributed by atoms with van der Waals surface area (Å²) in [5.74, 6) is -6.87. The molecule has 0 saturated heterocycles. The van der Waals surface area contributed by atoms with Crippen molar-refractivity contribution in [3.05, 3.63) is 65.0 Å². The predicted octanol–water partition coefficient (Wildman–Crippen LogP) is 2.67. The smallest absolute Gasteiger partial charge is 0.313 e. The topological polar surface area (TPSA) is 58.2 Å². The van der Waals surface area contributed by atoms with Crippen molar-refractivity contribution in [2.75, 3.05) is 5.32 Å². The number of hydrogen-bond acceptors (Lipinski definition) is 2. The maximum atomic E-state index is 13.4. The van der Waals surface area contributed by atoms with Crippen molar-refractivity contribution in [1.82, 2.24) is 5.32 Å². The molecule has 120 valence electrons. The number of halogens is 3. The van der Waals surface area contributed by atoms with Crippen LogP contribution in [-0.2, 0) is 16.1 Å². The zero-order chi connectivity index (χ0) is 17.0. The van der Waals surface area contributed by atoms with Crippen molar-refractivity contribution < 1.29 is 22.8 Å². The second kappa shape index (κ2) is 6.95. The SMILES string of the molecule is Cc1ccc(CNC(=O)C(=O)Nc2ccc(F)c(F)c2F)cc1. The van der Waals surface area contributed by atoms with E-state index in [4.69, 9.17) is 0 Å². The molecule has 0 atom stereocenters. The Bertz CT molecular complexity index is 746. The van der Waals surface area contributed by atoms with Gasteiger partial charge in [-0.3, -0.25) is 9.59 Å². The molecule has 4 nitrogen and oxygen atoms in total. The summed E-state index contributed by atoms with van der Waals surface area (Å²) >= 11 is 0. The van der Waals surface area contributed by atoms with Gasteiger partial charge >= 0.3 is 11.8 Å². The van der Waals surface area contributed by atoms with E-state index in [-0.39, 0.29) is 6.54 Å². The molecule has 0 radical (unpaired) electrons. The number of rotatable bonds is 3. The Morgan fingerprint density at radius 1 is 0.913 bits per heavy atom. The molecular weight excluding hydrogens is 309 g/mol. The first-order valence-electron chi connectivity index (χ1n) is 6.66. The van der Waals surface area contributed by atoms with Gasteiger partial charge in [0.25, 0.3) is 0 Å². The summed E-state index contributed by atoms with van der Waals surface area (Å²) in [4.78, 5) is 23.3. The van der Waals surface area contributed by atoms with Gasteiger partial charge in [-0.15, -0.1) is 0 Å². The van der Waals surface area contributed by atoms with E-state index in [1.165, 1.54) is 0 Å². The van der Waals surface area contributed by atoms with Gasteiger partial charge in [0, 0.05) is 6.54 Å². The molecule has 2 amide bonds. The fourth-order valence-electron chi connectivity index (χ4n) is 1.77. The Morgan fingerprint density at radius 2 is 1.57 bits per heavy atom. The van der Waals surface area contributed by atoms with Crippen molar-refractivity contribution in [2.45, 2.75) is 13.5 Å². The van der Waals surface area contributed by atoms with Gasteiger partial charge in [-0.25, -0.2) is 13.2 Å². The molecule has 0 saturated carbocycles. The molecule has 0 unspecified atom stereocenters. The number of hydrogen-bond donors (Lipinski definition) is 2. The quantitative estimate of drug-likeness (QED) is 0.674. The van der Waals surface area contributed by atoms with Crippen LogP contribution in [-0.4, -0.2) is 11.8 Å². The monoisotopic (exact) mass is 322 g/mol. The third-order valence-corrected chi connectivity index (χ3v) is 3.06. The lowest BCUT2D eigenvalue weighted by Crippen LogP contribution is -2.35. The molecule has 7 heteroatoms. The minimum atomic E-state index is -1.72. The van der Waals surface area contributed by atoms with Gasteiger partial charge in [-0.05, 0) is 24.6 Å². The van der Waals surface area contributed by atoms with Crippen LogP contribution in [0.4, 0.5) is 18.9 Å². The van der Waals surface area contributed by atoms with Crippen LogP contribution in [0.3, 0.4) is 0 Å². The number of nitrogens with one attached hydrogen (secondary N) is 2. The van der Waals surface area contributed by atoms with Crippen LogP contribution < -0.4 is 10.6 Å². The predicted molar refractivity (Wildman–Crippen MR) is 78.0 cm³/mol. The maximum absolute atomic E-state index is 13.4. The van der Waals surface area contributed by atoms with E-state index in [0.29, 0.717) is 6.07 Å². The summed E-state index contributed by atoms with van der Waals surface area (Å²) in [5.41, 5.74) is 1.21. The maximum Gasteiger partial charge on any atom is 0.313 e. The van der Waals surface area contributed by atoms with Gasteiger partial charge in [0.2, 0.25) is 0 Å². The summed E-state index contributed by atoms with van der Waals surface area (Å²) in [6, 6.07) is 8.73. The Kier molecular flexibility index (Phi) is 5.00. The minimum Gasteiger partial charge on any atom is -0.344 e. The zero-order valence-electron chi connectivity index (χ0n) is 12.1. The van der Waals surface area contributed by atoms with Gasteiger partial charge in [-0.2, -0.15) is 0 Å². The average Bonchev–Trinajstić information content (AvgIpc) is 2.54. The lowest BCUT2D eigenvalue weighted by molar-refractivity contribution is -0.136. The third kappa shape index (κ3) is 4.09. The first kappa shape index (κ1) is 16.5. The third-order valence-electron chi connectivity index (χ3n) is 3.06. The van der Waals surface area contributed by atoms with Crippen LogP contribution in [0, 0.1) is 24.4 Å². The largest absolute Gasteiger partial charge is 0.344 e. The number of benzene rings is 2.